The van der Waals surface area contributed by atoms with Crippen molar-refractivity contribution in [2.24, 2.45) is 0 Å². The van der Waals surface area contributed by atoms with Gasteiger partial charge in [0.1, 0.15) is 0 Å². The van der Waals surface area contributed by atoms with Gasteiger partial charge in [-0.05, 0) is 47.6 Å². The number of hydrogen-bond donors (Lipinski definition) is 1. The van der Waals surface area contributed by atoms with E-state index in [4.69, 9.17) is 0 Å². The number of aromatic amines is 1. The van der Waals surface area contributed by atoms with E-state index in [1.165, 1.54) is 30.4 Å². The van der Waals surface area contributed by atoms with E-state index in [1.807, 2.05) is 12.1 Å². The molecule has 0 fully saturated rings. The molecular weight excluding hydrogens is 260 g/mol. The number of hydrogen-bond acceptors (Lipinski definition) is 3. The quantitative estimate of drug-likeness (QED) is 0.910. The van der Waals surface area contributed by atoms with Crippen molar-refractivity contribution in [2.45, 2.75) is 25.7 Å². The Hall–Kier alpha value is -2.49. The summed E-state index contributed by atoms with van der Waals surface area (Å²) in [4.78, 5) is 0. The molecule has 0 saturated carbocycles. The predicted octanol–water partition coefficient (Wildman–Crippen LogP) is 3.69. The molecule has 4 rings (SSSR count). The van der Waals surface area contributed by atoms with Crippen LogP contribution < -0.4 is 0 Å². The molecule has 21 heavy (non-hydrogen) atoms. The van der Waals surface area contributed by atoms with Crippen molar-refractivity contribution in [1.82, 2.24) is 20.6 Å². The van der Waals surface area contributed by atoms with Crippen LogP contribution in [-0.4, -0.2) is 20.6 Å². The number of H-pyrrole nitrogens is 1. The van der Waals surface area contributed by atoms with Gasteiger partial charge in [-0.3, -0.25) is 0 Å². The molecule has 0 atom stereocenters. The first-order valence-electron chi connectivity index (χ1n) is 7.34. The van der Waals surface area contributed by atoms with Crippen molar-refractivity contribution >= 4 is 5.57 Å². The largest absolute Gasteiger partial charge is 0.205 e. The highest BCUT2D eigenvalue weighted by molar-refractivity contribution is 5.84. The first-order chi connectivity index (χ1) is 10.4. The van der Waals surface area contributed by atoms with Crippen molar-refractivity contribution in [3.05, 3.63) is 59.2 Å². The van der Waals surface area contributed by atoms with Gasteiger partial charge in [0.2, 0.25) is 5.82 Å². The molecule has 4 nitrogen and oxygen atoms in total. The van der Waals surface area contributed by atoms with Crippen LogP contribution in [0.25, 0.3) is 17.0 Å². The first-order valence-corrected chi connectivity index (χ1v) is 7.34. The molecule has 1 N–H and O–H groups in total. The van der Waals surface area contributed by atoms with Crippen molar-refractivity contribution < 1.29 is 0 Å². The van der Waals surface area contributed by atoms with Crippen molar-refractivity contribution in [1.29, 1.82) is 0 Å². The topological polar surface area (TPSA) is 54.5 Å². The molecule has 4 heteroatoms. The molecule has 0 bridgehead atoms. The average molecular weight is 276 g/mol. The van der Waals surface area contributed by atoms with E-state index >= 15 is 0 Å². The van der Waals surface area contributed by atoms with E-state index in [9.17, 15) is 0 Å². The lowest BCUT2D eigenvalue weighted by Gasteiger charge is -2.07. The molecular formula is C17H16N4. The maximum atomic E-state index is 4.11. The van der Waals surface area contributed by atoms with Crippen LogP contribution in [0.2, 0.25) is 0 Å². The second-order valence-electron chi connectivity index (χ2n) is 5.46. The number of aromatic nitrogens is 4. The fourth-order valence-electron chi connectivity index (χ4n) is 3.16. The van der Waals surface area contributed by atoms with Crippen molar-refractivity contribution in [3.8, 4) is 11.4 Å². The fraction of sp³-hybridized carbons (Fsp3) is 0.235. The van der Waals surface area contributed by atoms with E-state index in [-0.39, 0.29) is 0 Å². The minimum Gasteiger partial charge on any atom is -0.177 e. The Morgan fingerprint density at radius 1 is 1.00 bits per heavy atom. The molecule has 1 heterocycles. The van der Waals surface area contributed by atoms with Gasteiger partial charge in [0.15, 0.2) is 0 Å². The highest BCUT2D eigenvalue weighted by Crippen LogP contribution is 2.35. The molecule has 0 spiro atoms. The minimum atomic E-state index is 0.643. The third kappa shape index (κ3) is 2.23. The molecule has 2 aliphatic carbocycles. The molecule has 0 saturated heterocycles. The van der Waals surface area contributed by atoms with Crippen LogP contribution in [0.4, 0.5) is 0 Å². The zero-order chi connectivity index (χ0) is 14.1. The Morgan fingerprint density at radius 3 is 2.76 bits per heavy atom. The smallest absolute Gasteiger partial charge is 0.177 e. The second-order valence-corrected chi connectivity index (χ2v) is 5.46. The Bertz CT molecular complexity index is 751. The van der Waals surface area contributed by atoms with Gasteiger partial charge in [-0.1, -0.05) is 48.1 Å². The zero-order valence-electron chi connectivity index (χ0n) is 11.7. The standard InChI is InChI=1S/C17H16N4/c1-2-7-16(17-18-20-21-19-17)15(6-1)14-10-8-12-4-3-5-13(12)9-11-14/h1-2,6-8,10-11H,3-5,9H2,(H,18,19,20,21). The Balaban J connectivity index is 1.75. The van der Waals surface area contributed by atoms with Crippen LogP contribution in [-0.2, 0) is 0 Å². The van der Waals surface area contributed by atoms with E-state index in [1.54, 1.807) is 5.57 Å². The molecule has 0 unspecified atom stereocenters. The minimum absolute atomic E-state index is 0.643. The van der Waals surface area contributed by atoms with Crippen LogP contribution in [0.1, 0.15) is 31.2 Å². The summed E-state index contributed by atoms with van der Waals surface area (Å²) in [5.41, 5.74) is 6.54. The van der Waals surface area contributed by atoms with E-state index in [2.05, 4.69) is 51.0 Å². The molecule has 104 valence electrons. The lowest BCUT2D eigenvalue weighted by atomic mass is 9.97. The second kappa shape index (κ2) is 5.13. The zero-order valence-corrected chi connectivity index (χ0v) is 11.7. The summed E-state index contributed by atoms with van der Waals surface area (Å²) in [5.74, 6) is 0.643. The van der Waals surface area contributed by atoms with Crippen LogP contribution in [0.15, 0.2) is 53.6 Å². The van der Waals surface area contributed by atoms with Crippen LogP contribution in [0.5, 0.6) is 0 Å². The predicted molar refractivity (Wildman–Crippen MR) is 82.2 cm³/mol. The molecule has 0 aliphatic heterocycles. The fourth-order valence-corrected chi connectivity index (χ4v) is 3.16. The van der Waals surface area contributed by atoms with Gasteiger partial charge < -0.3 is 0 Å². The SMILES string of the molecule is C1=CC2=C(CC=C1c1ccccc1-c1nn[nH]n1)CCC2. The summed E-state index contributed by atoms with van der Waals surface area (Å²) < 4.78 is 0. The molecule has 2 aliphatic rings. The maximum absolute atomic E-state index is 4.11. The van der Waals surface area contributed by atoms with E-state index < -0.39 is 0 Å². The summed E-state index contributed by atoms with van der Waals surface area (Å²) >= 11 is 0. The third-order valence-electron chi connectivity index (χ3n) is 4.24. The number of rotatable bonds is 2. The van der Waals surface area contributed by atoms with Gasteiger partial charge in [0, 0.05) is 5.56 Å². The van der Waals surface area contributed by atoms with Gasteiger partial charge in [-0.25, -0.2) is 0 Å². The third-order valence-corrected chi connectivity index (χ3v) is 4.24. The monoisotopic (exact) mass is 276 g/mol. The lowest BCUT2D eigenvalue weighted by Crippen LogP contribution is -1.90. The Labute approximate surface area is 123 Å². The first kappa shape index (κ1) is 12.3. The Kier molecular flexibility index (Phi) is 2.99. The highest BCUT2D eigenvalue weighted by atomic mass is 15.5. The number of nitrogens with one attached hydrogen (secondary N) is 1. The number of tetrazole rings is 1. The average Bonchev–Trinajstić information content (AvgIpc) is 3.17. The highest BCUT2D eigenvalue weighted by Gasteiger charge is 2.16. The summed E-state index contributed by atoms with van der Waals surface area (Å²) in [6.07, 6.45) is 11.7. The van der Waals surface area contributed by atoms with Crippen LogP contribution in [0, 0.1) is 0 Å². The summed E-state index contributed by atoms with van der Waals surface area (Å²) in [7, 11) is 0. The van der Waals surface area contributed by atoms with E-state index in [0.29, 0.717) is 5.82 Å². The Morgan fingerprint density at radius 2 is 1.90 bits per heavy atom. The lowest BCUT2D eigenvalue weighted by molar-refractivity contribution is 0.881. The van der Waals surface area contributed by atoms with Gasteiger partial charge >= 0.3 is 0 Å². The molecule has 2 aromatic rings. The number of benzene rings is 1. The molecule has 0 radical (unpaired) electrons. The van der Waals surface area contributed by atoms with Crippen molar-refractivity contribution in [3.63, 3.8) is 0 Å². The van der Waals surface area contributed by atoms with Crippen LogP contribution in [0.3, 0.4) is 0 Å². The number of nitrogens with zero attached hydrogens (tertiary/aromatic N) is 3. The van der Waals surface area contributed by atoms with Gasteiger partial charge in [-0.15, -0.1) is 10.2 Å². The summed E-state index contributed by atoms with van der Waals surface area (Å²) in [6, 6.07) is 8.23. The normalized spacial score (nSPS) is 17.6. The number of allylic oxidation sites excluding steroid dienone is 6. The summed E-state index contributed by atoms with van der Waals surface area (Å²) in [6.45, 7) is 0. The van der Waals surface area contributed by atoms with Gasteiger partial charge in [-0.2, -0.15) is 5.21 Å². The molecule has 1 aromatic heterocycles. The van der Waals surface area contributed by atoms with Gasteiger partial charge in [0.05, 0.1) is 0 Å². The van der Waals surface area contributed by atoms with Gasteiger partial charge in [0.25, 0.3) is 0 Å². The van der Waals surface area contributed by atoms with Crippen LogP contribution >= 0.6 is 0 Å². The molecule has 0 amide bonds. The van der Waals surface area contributed by atoms with Crippen molar-refractivity contribution in [2.75, 3.05) is 0 Å². The molecule has 1 aromatic carbocycles. The maximum Gasteiger partial charge on any atom is 0.205 e. The van der Waals surface area contributed by atoms with E-state index in [0.717, 1.165) is 17.5 Å². The summed E-state index contributed by atoms with van der Waals surface area (Å²) in [5, 5.41) is 14.4.